The molecule has 1 aliphatic rings. The van der Waals surface area contributed by atoms with Gasteiger partial charge in [-0.1, -0.05) is 12.1 Å². The van der Waals surface area contributed by atoms with Gasteiger partial charge in [0.15, 0.2) is 5.65 Å². The van der Waals surface area contributed by atoms with Crippen LogP contribution in [0.3, 0.4) is 0 Å². The first-order valence-corrected chi connectivity index (χ1v) is 9.82. The number of rotatable bonds is 6. The number of carbonyl (C=O) groups excluding carboxylic acids is 2. The summed E-state index contributed by atoms with van der Waals surface area (Å²) in [4.78, 5) is 38.3. The first-order valence-electron chi connectivity index (χ1n) is 9.82. The Kier molecular flexibility index (Phi) is 5.35. The Labute approximate surface area is 171 Å². The molecule has 0 spiro atoms. The van der Waals surface area contributed by atoms with Crippen LogP contribution in [0.5, 0.6) is 0 Å². The van der Waals surface area contributed by atoms with Gasteiger partial charge >= 0.3 is 5.69 Å². The zero-order valence-corrected chi connectivity index (χ0v) is 16.5. The molecular weight excluding hydrogens is 389 g/mol. The Bertz CT molecular complexity index is 1170. The molecule has 0 radical (unpaired) electrons. The molecule has 3 aromatic rings. The van der Waals surface area contributed by atoms with Crippen LogP contribution >= 0.6 is 0 Å². The van der Waals surface area contributed by atoms with Crippen molar-refractivity contribution in [3.05, 3.63) is 64.5 Å². The predicted molar refractivity (Wildman–Crippen MR) is 109 cm³/mol. The van der Waals surface area contributed by atoms with Crippen molar-refractivity contribution in [2.75, 3.05) is 18.0 Å². The highest BCUT2D eigenvalue weighted by molar-refractivity contribution is 6.00. The summed E-state index contributed by atoms with van der Waals surface area (Å²) >= 11 is 0. The summed E-state index contributed by atoms with van der Waals surface area (Å²) < 4.78 is 17.0. The number of amides is 2. The second-order valence-corrected chi connectivity index (χ2v) is 7.44. The third-order valence-electron chi connectivity index (χ3n) is 5.22. The molecule has 3 heterocycles. The van der Waals surface area contributed by atoms with Crippen molar-refractivity contribution in [1.29, 1.82) is 0 Å². The van der Waals surface area contributed by atoms with Crippen molar-refractivity contribution < 1.29 is 14.0 Å². The van der Waals surface area contributed by atoms with Crippen molar-refractivity contribution in [1.82, 2.24) is 19.5 Å². The molecule has 1 unspecified atom stereocenters. The van der Waals surface area contributed by atoms with Crippen LogP contribution in [0.1, 0.15) is 18.4 Å². The van der Waals surface area contributed by atoms with Crippen LogP contribution in [-0.4, -0.2) is 39.1 Å². The van der Waals surface area contributed by atoms with Gasteiger partial charge in [0.25, 0.3) is 0 Å². The molecule has 1 aromatic carbocycles. The smallest absolute Gasteiger partial charge is 0.350 e. The lowest BCUT2D eigenvalue weighted by Crippen LogP contribution is -2.34. The number of halogens is 1. The van der Waals surface area contributed by atoms with E-state index in [4.69, 9.17) is 0 Å². The Morgan fingerprint density at radius 2 is 2.10 bits per heavy atom. The lowest BCUT2D eigenvalue weighted by atomic mass is 10.1. The van der Waals surface area contributed by atoms with Crippen molar-refractivity contribution in [2.45, 2.75) is 26.3 Å². The number of carbonyl (C=O) groups is 2. The summed E-state index contributed by atoms with van der Waals surface area (Å²) in [5.41, 5.74) is 1.31. The van der Waals surface area contributed by atoms with Gasteiger partial charge in [0.1, 0.15) is 5.82 Å². The summed E-state index contributed by atoms with van der Waals surface area (Å²) in [6.45, 7) is 2.64. The summed E-state index contributed by atoms with van der Waals surface area (Å²) in [5.74, 6) is -1.52. The second kappa shape index (κ2) is 8.10. The molecule has 9 heteroatoms. The van der Waals surface area contributed by atoms with Crippen LogP contribution in [0, 0.1) is 18.7 Å². The van der Waals surface area contributed by atoms with E-state index in [9.17, 15) is 18.8 Å². The van der Waals surface area contributed by atoms with Crippen LogP contribution in [0.15, 0.2) is 47.4 Å². The maximum absolute atomic E-state index is 14.2. The van der Waals surface area contributed by atoms with E-state index in [0.717, 1.165) is 5.56 Å². The van der Waals surface area contributed by atoms with Crippen LogP contribution in [0.25, 0.3) is 5.65 Å². The van der Waals surface area contributed by atoms with E-state index < -0.39 is 11.7 Å². The van der Waals surface area contributed by atoms with Gasteiger partial charge in [-0.2, -0.15) is 0 Å². The van der Waals surface area contributed by atoms with Gasteiger partial charge in [-0.25, -0.2) is 13.9 Å². The number of nitrogens with zero attached hydrogens (tertiary/aromatic N) is 4. The number of pyridine rings is 1. The quantitative estimate of drug-likeness (QED) is 0.623. The normalized spacial score (nSPS) is 16.4. The largest absolute Gasteiger partial charge is 0.356 e. The number of hydrogen-bond acceptors (Lipinski definition) is 4. The van der Waals surface area contributed by atoms with Crippen molar-refractivity contribution in [3.8, 4) is 0 Å². The summed E-state index contributed by atoms with van der Waals surface area (Å²) in [6.07, 6.45) is 2.22. The van der Waals surface area contributed by atoms with Gasteiger partial charge < -0.3 is 10.2 Å². The van der Waals surface area contributed by atoms with Crippen LogP contribution in [-0.2, 0) is 16.1 Å². The zero-order chi connectivity index (χ0) is 21.3. The van der Waals surface area contributed by atoms with Crippen molar-refractivity contribution >= 4 is 23.1 Å². The maximum atomic E-state index is 14.2. The minimum atomic E-state index is -0.531. The van der Waals surface area contributed by atoms with Crippen LogP contribution < -0.4 is 15.9 Å². The Morgan fingerprint density at radius 1 is 1.27 bits per heavy atom. The van der Waals surface area contributed by atoms with Crippen molar-refractivity contribution in [2.24, 2.45) is 5.92 Å². The van der Waals surface area contributed by atoms with Crippen LogP contribution in [0.4, 0.5) is 10.1 Å². The number of hydrogen-bond donors (Lipinski definition) is 1. The molecule has 2 amide bonds. The van der Waals surface area contributed by atoms with E-state index in [0.29, 0.717) is 25.2 Å². The highest BCUT2D eigenvalue weighted by Gasteiger charge is 2.36. The predicted octanol–water partition coefficient (Wildman–Crippen LogP) is 1.50. The Balaban J connectivity index is 1.30. The van der Waals surface area contributed by atoms with E-state index in [2.05, 4.69) is 10.4 Å². The summed E-state index contributed by atoms with van der Waals surface area (Å²) in [6, 6.07) is 9.99. The molecule has 2 aromatic heterocycles. The number of benzene rings is 1. The Morgan fingerprint density at radius 3 is 2.87 bits per heavy atom. The lowest BCUT2D eigenvalue weighted by Gasteiger charge is -2.17. The molecule has 1 atom stereocenters. The number of aromatic nitrogens is 3. The highest BCUT2D eigenvalue weighted by Crippen LogP contribution is 2.28. The number of nitrogens with one attached hydrogen (secondary N) is 1. The Hall–Kier alpha value is -3.49. The van der Waals surface area contributed by atoms with Gasteiger partial charge in [0.2, 0.25) is 11.8 Å². The third kappa shape index (κ3) is 3.83. The molecule has 1 N–H and O–H groups in total. The number of anilines is 1. The first kappa shape index (κ1) is 19.8. The molecule has 0 bridgehead atoms. The van der Waals surface area contributed by atoms with Gasteiger partial charge in [-0.3, -0.25) is 14.0 Å². The zero-order valence-electron chi connectivity index (χ0n) is 16.5. The number of fused-ring (bicyclic) bond motifs is 1. The van der Waals surface area contributed by atoms with E-state index >= 15 is 0 Å². The maximum Gasteiger partial charge on any atom is 0.350 e. The molecule has 30 heavy (non-hydrogen) atoms. The standard InChI is InChI=1S/C21H22FN5O3/c1-14-6-7-17(16(22)11-14)26-13-15(12-19(26)28)20(29)23-8-4-10-27-21(30)25-9-3-2-5-18(25)24-27/h2-3,5-7,9,11,15H,4,8,10,12-13H2,1H3,(H,23,29). The van der Waals surface area contributed by atoms with Gasteiger partial charge in [0.05, 0.1) is 11.6 Å². The topological polar surface area (TPSA) is 88.7 Å². The molecule has 1 fully saturated rings. The van der Waals surface area contributed by atoms with Gasteiger partial charge in [-0.05, 0) is 43.2 Å². The van der Waals surface area contributed by atoms with E-state index in [1.54, 1.807) is 43.5 Å². The van der Waals surface area contributed by atoms with E-state index in [1.807, 2.05) is 0 Å². The molecule has 0 saturated carbocycles. The molecule has 1 aliphatic heterocycles. The average molecular weight is 411 g/mol. The van der Waals surface area contributed by atoms with Crippen molar-refractivity contribution in [3.63, 3.8) is 0 Å². The van der Waals surface area contributed by atoms with Crippen LogP contribution in [0.2, 0.25) is 0 Å². The highest BCUT2D eigenvalue weighted by atomic mass is 19.1. The minimum Gasteiger partial charge on any atom is -0.356 e. The fourth-order valence-electron chi connectivity index (χ4n) is 3.65. The van der Waals surface area contributed by atoms with E-state index in [-0.39, 0.29) is 36.2 Å². The monoisotopic (exact) mass is 411 g/mol. The molecular formula is C21H22FN5O3. The fourth-order valence-corrected chi connectivity index (χ4v) is 3.65. The minimum absolute atomic E-state index is 0.0467. The first-order chi connectivity index (χ1) is 14.4. The van der Waals surface area contributed by atoms with Gasteiger partial charge in [0, 0.05) is 32.3 Å². The molecule has 156 valence electrons. The molecule has 1 saturated heterocycles. The molecule has 0 aliphatic carbocycles. The summed E-state index contributed by atoms with van der Waals surface area (Å²) in [7, 11) is 0. The van der Waals surface area contributed by atoms with Gasteiger partial charge in [-0.15, -0.1) is 5.10 Å². The van der Waals surface area contributed by atoms with E-state index in [1.165, 1.54) is 20.0 Å². The summed E-state index contributed by atoms with van der Waals surface area (Å²) in [5, 5.41) is 7.04. The second-order valence-electron chi connectivity index (χ2n) is 7.44. The third-order valence-corrected chi connectivity index (χ3v) is 5.22. The average Bonchev–Trinajstić information content (AvgIpc) is 3.26. The fraction of sp³-hybridized carbons (Fsp3) is 0.333. The molecule has 4 rings (SSSR count). The number of aryl methyl sites for hydroxylation is 2. The SMILES string of the molecule is Cc1ccc(N2CC(C(=O)NCCCn3nc4ccccn4c3=O)CC2=O)c(F)c1. The molecule has 8 nitrogen and oxygen atoms in total. The lowest BCUT2D eigenvalue weighted by molar-refractivity contribution is -0.126.